The van der Waals surface area contributed by atoms with Gasteiger partial charge >= 0.3 is 13.0 Å². The summed E-state index contributed by atoms with van der Waals surface area (Å²) in [5.41, 5.74) is -1.47. The zero-order chi connectivity index (χ0) is 9.14. The van der Waals surface area contributed by atoms with Gasteiger partial charge in [0.25, 0.3) is 5.56 Å². The third-order valence-electron chi connectivity index (χ3n) is 0.968. The van der Waals surface area contributed by atoms with Crippen molar-refractivity contribution in [2.75, 3.05) is 0 Å². The first-order chi connectivity index (χ1) is 5.58. The summed E-state index contributed by atoms with van der Waals surface area (Å²) in [4.78, 5) is 25.0. The van der Waals surface area contributed by atoms with Gasteiger partial charge < -0.3 is 14.7 Å². The zero-order valence-electron chi connectivity index (χ0n) is 5.77. The van der Waals surface area contributed by atoms with Crippen molar-refractivity contribution >= 4 is 7.32 Å². The van der Waals surface area contributed by atoms with Crippen LogP contribution in [0.3, 0.4) is 0 Å². The predicted molar refractivity (Wildman–Crippen MR) is 38.5 cm³/mol. The first-order valence-corrected chi connectivity index (χ1v) is 2.94. The van der Waals surface area contributed by atoms with Crippen LogP contribution >= 0.6 is 0 Å². The van der Waals surface area contributed by atoms with Crippen LogP contribution in [0.25, 0.3) is 0 Å². The fourth-order valence-electron chi connectivity index (χ4n) is 0.623. The highest BCUT2D eigenvalue weighted by Gasteiger charge is 2.11. The van der Waals surface area contributed by atoms with Gasteiger partial charge in [-0.2, -0.15) is 0 Å². The van der Waals surface area contributed by atoms with Crippen LogP contribution in [0.1, 0.15) is 0 Å². The molecule has 1 heterocycles. The van der Waals surface area contributed by atoms with E-state index < -0.39 is 18.6 Å². The molecule has 0 aliphatic carbocycles. The van der Waals surface area contributed by atoms with Gasteiger partial charge in [0.05, 0.1) is 6.07 Å². The van der Waals surface area contributed by atoms with Gasteiger partial charge in [0.1, 0.15) is 0 Å². The highest BCUT2D eigenvalue weighted by Crippen LogP contribution is 1.95. The molecule has 8 heteroatoms. The minimum absolute atomic E-state index is 0.307. The maximum Gasteiger partial charge on any atom is 0.708 e. The van der Waals surface area contributed by atoms with Gasteiger partial charge in [0, 0.05) is 0 Å². The second-order valence-electron chi connectivity index (χ2n) is 1.90. The normalized spacial score (nSPS) is 9.50. The highest BCUT2D eigenvalue weighted by molar-refractivity contribution is 6.33. The summed E-state index contributed by atoms with van der Waals surface area (Å²) in [5.74, 6) is -0.307. The van der Waals surface area contributed by atoms with E-state index in [0.29, 0.717) is 0 Å². The number of H-pyrrole nitrogens is 2. The van der Waals surface area contributed by atoms with Crippen molar-refractivity contribution in [1.82, 2.24) is 9.97 Å². The second-order valence-corrected chi connectivity index (χ2v) is 1.90. The summed E-state index contributed by atoms with van der Waals surface area (Å²) in [6.45, 7) is 0. The number of nitrogens with one attached hydrogen (secondary N) is 2. The van der Waals surface area contributed by atoms with E-state index in [1.165, 1.54) is 0 Å². The van der Waals surface area contributed by atoms with Crippen LogP contribution < -0.4 is 15.9 Å². The lowest BCUT2D eigenvalue weighted by Gasteiger charge is -2.01. The van der Waals surface area contributed by atoms with Gasteiger partial charge in [0.15, 0.2) is 5.88 Å². The molecule has 0 radical (unpaired) electrons. The Morgan fingerprint density at radius 3 is 2.50 bits per heavy atom. The maximum absolute atomic E-state index is 10.6. The van der Waals surface area contributed by atoms with E-state index in [9.17, 15) is 9.59 Å². The maximum atomic E-state index is 10.6. The molecule has 12 heavy (non-hydrogen) atoms. The molecule has 0 aromatic carbocycles. The summed E-state index contributed by atoms with van der Waals surface area (Å²) in [7, 11) is -2.07. The molecule has 0 aliphatic heterocycles. The van der Waals surface area contributed by atoms with E-state index in [4.69, 9.17) is 10.0 Å². The second kappa shape index (κ2) is 3.24. The fourth-order valence-corrected chi connectivity index (χ4v) is 0.623. The molecule has 0 unspecified atom stereocenters. The van der Waals surface area contributed by atoms with Gasteiger partial charge in [0.2, 0.25) is 0 Å². The topological polar surface area (TPSA) is 115 Å². The third kappa shape index (κ3) is 2.25. The lowest BCUT2D eigenvalue weighted by Crippen LogP contribution is -2.27. The van der Waals surface area contributed by atoms with Crippen molar-refractivity contribution in [3.05, 3.63) is 26.9 Å². The summed E-state index contributed by atoms with van der Waals surface area (Å²) in [5, 5.41) is 16.6. The summed E-state index contributed by atoms with van der Waals surface area (Å²) in [6, 6.07) is 0.876. The molecule has 0 saturated carbocycles. The van der Waals surface area contributed by atoms with Gasteiger partial charge in [-0.25, -0.2) is 4.79 Å². The Morgan fingerprint density at radius 1 is 1.33 bits per heavy atom. The van der Waals surface area contributed by atoms with Gasteiger partial charge in [-0.05, 0) is 0 Å². The van der Waals surface area contributed by atoms with E-state index in [2.05, 4.69) is 4.65 Å². The Bertz CT molecular complexity index is 340. The fraction of sp³-hybridized carbons (Fsp3) is 0. The van der Waals surface area contributed by atoms with Gasteiger partial charge in [-0.15, -0.1) is 0 Å². The largest absolute Gasteiger partial charge is 0.708 e. The smallest absolute Gasteiger partial charge is 0.499 e. The van der Waals surface area contributed by atoms with Crippen LogP contribution in [0.4, 0.5) is 0 Å². The average molecular weight is 172 g/mol. The minimum Gasteiger partial charge on any atom is -0.499 e. The molecular weight excluding hydrogens is 167 g/mol. The van der Waals surface area contributed by atoms with Gasteiger partial charge in [-0.1, -0.05) is 0 Å². The molecule has 0 spiro atoms. The molecule has 7 nitrogen and oxygen atoms in total. The molecule has 0 bridgehead atoms. The van der Waals surface area contributed by atoms with E-state index >= 15 is 0 Å². The molecule has 0 saturated heterocycles. The summed E-state index contributed by atoms with van der Waals surface area (Å²) >= 11 is 0. The Hall–Kier alpha value is -1.54. The molecule has 1 rings (SSSR count). The molecule has 0 fully saturated rings. The zero-order valence-corrected chi connectivity index (χ0v) is 5.77. The Morgan fingerprint density at radius 2 is 2.00 bits per heavy atom. The molecule has 4 N–H and O–H groups in total. The average Bonchev–Trinajstić information content (AvgIpc) is 1.81. The van der Waals surface area contributed by atoms with Crippen molar-refractivity contribution in [2.24, 2.45) is 0 Å². The van der Waals surface area contributed by atoms with Crippen molar-refractivity contribution < 1.29 is 14.7 Å². The molecule has 64 valence electrons. The molecule has 0 atom stereocenters. The van der Waals surface area contributed by atoms with Crippen LogP contribution in [0.15, 0.2) is 15.7 Å². The monoisotopic (exact) mass is 172 g/mol. The van der Waals surface area contributed by atoms with Crippen molar-refractivity contribution in [2.45, 2.75) is 0 Å². The molecule has 0 aliphatic rings. The Kier molecular flexibility index (Phi) is 2.31. The first kappa shape index (κ1) is 8.56. The lowest BCUT2D eigenvalue weighted by molar-refractivity contribution is 0.282. The quantitative estimate of drug-likeness (QED) is 0.365. The standard InChI is InChI=1S/C4H5BN2O5/c8-2-1-3(12-5(10)11)7-4(9)6-2/h1,10-11H,(H2,6,7,8,9). The Balaban J connectivity index is 3.01. The van der Waals surface area contributed by atoms with E-state index in [1.807, 2.05) is 9.97 Å². The predicted octanol–water partition coefficient (Wildman–Crippen LogP) is -2.59. The molecule has 1 aromatic rings. The Labute approximate surface area is 65.8 Å². The van der Waals surface area contributed by atoms with Crippen molar-refractivity contribution in [3.63, 3.8) is 0 Å². The number of hydrogen-bond acceptors (Lipinski definition) is 5. The number of aromatic amines is 2. The number of hydrogen-bond donors (Lipinski definition) is 4. The SMILES string of the molecule is O=c1cc(OB(O)O)[nH]c(=O)[nH]1. The number of rotatable bonds is 2. The third-order valence-corrected chi connectivity index (χ3v) is 0.968. The first-order valence-electron chi connectivity index (χ1n) is 2.94. The summed E-state index contributed by atoms with van der Waals surface area (Å²) < 4.78 is 4.21. The van der Waals surface area contributed by atoms with Gasteiger partial charge in [-0.3, -0.25) is 14.8 Å². The number of aromatic nitrogens is 2. The van der Waals surface area contributed by atoms with Crippen LogP contribution in [-0.2, 0) is 0 Å². The highest BCUT2D eigenvalue weighted by atomic mass is 16.6. The van der Waals surface area contributed by atoms with Crippen LogP contribution in [-0.4, -0.2) is 27.3 Å². The van der Waals surface area contributed by atoms with Crippen LogP contribution in [0.5, 0.6) is 5.88 Å². The van der Waals surface area contributed by atoms with Crippen LogP contribution in [0.2, 0.25) is 0 Å². The van der Waals surface area contributed by atoms with Crippen LogP contribution in [0, 0.1) is 0 Å². The van der Waals surface area contributed by atoms with E-state index in [-0.39, 0.29) is 5.88 Å². The molecule has 0 amide bonds. The minimum atomic E-state index is -2.07. The molecular formula is C4H5BN2O5. The summed E-state index contributed by atoms with van der Waals surface area (Å²) in [6.07, 6.45) is 0. The van der Waals surface area contributed by atoms with E-state index in [1.54, 1.807) is 0 Å². The van der Waals surface area contributed by atoms with Crippen molar-refractivity contribution in [3.8, 4) is 5.88 Å². The molecule has 1 aromatic heterocycles. The van der Waals surface area contributed by atoms with E-state index in [0.717, 1.165) is 6.07 Å². The van der Waals surface area contributed by atoms with Crippen molar-refractivity contribution in [1.29, 1.82) is 0 Å². The lowest BCUT2D eigenvalue weighted by atomic mass is 10.3.